The predicted octanol–water partition coefficient (Wildman–Crippen LogP) is 12.6. The van der Waals surface area contributed by atoms with Gasteiger partial charge < -0.3 is 10.5 Å². The first-order valence-corrected chi connectivity index (χ1v) is 19.1. The van der Waals surface area contributed by atoms with Crippen molar-refractivity contribution in [3.05, 3.63) is 245 Å². The van der Waals surface area contributed by atoms with Gasteiger partial charge in [-0.05, 0) is 86.0 Å². The molecule has 1 unspecified atom stereocenters. The van der Waals surface area contributed by atoms with Crippen LogP contribution >= 0.6 is 0 Å². The highest BCUT2D eigenvalue weighted by Gasteiger charge is 2.51. The Balaban J connectivity index is 1.08. The summed E-state index contributed by atoms with van der Waals surface area (Å²) in [5.41, 5.74) is 22.2. The van der Waals surface area contributed by atoms with Gasteiger partial charge in [0.15, 0.2) is 0 Å². The van der Waals surface area contributed by atoms with Gasteiger partial charge in [0.25, 0.3) is 0 Å². The molecular weight excluding hydrogens is 681 g/mol. The SMILES string of the molecule is NC(/C=C(\N=C\c1ccccc1)c1cccc(-c2ccc3c(c2)C2(c4ccccc4Oc4ccccc42)c2ccccc2-3)c1)c1ccc(-c2ccccc2)cc1. The topological polar surface area (TPSA) is 47.6 Å². The van der Waals surface area contributed by atoms with E-state index in [0.717, 1.165) is 61.7 Å². The minimum absolute atomic E-state index is 0.363. The van der Waals surface area contributed by atoms with Gasteiger partial charge in [0.1, 0.15) is 11.5 Å². The molecule has 0 fully saturated rings. The molecule has 10 rings (SSSR count). The van der Waals surface area contributed by atoms with E-state index in [0.29, 0.717) is 0 Å². The van der Waals surface area contributed by atoms with Gasteiger partial charge in [-0.3, -0.25) is 4.99 Å². The number of fused-ring (bicyclic) bond motifs is 9. The monoisotopic (exact) mass is 718 g/mol. The molecule has 0 bridgehead atoms. The van der Waals surface area contributed by atoms with Crippen LogP contribution in [0.1, 0.15) is 45.0 Å². The number of benzene rings is 8. The van der Waals surface area contributed by atoms with Gasteiger partial charge in [-0.15, -0.1) is 0 Å². The minimum atomic E-state index is -0.529. The van der Waals surface area contributed by atoms with E-state index in [1.807, 2.05) is 30.5 Å². The van der Waals surface area contributed by atoms with Crippen LogP contribution in [0.5, 0.6) is 11.5 Å². The number of hydrogen-bond donors (Lipinski definition) is 1. The number of aliphatic imine (C=N–C) groups is 1. The van der Waals surface area contributed by atoms with Crippen LogP contribution < -0.4 is 10.5 Å². The highest BCUT2D eigenvalue weighted by atomic mass is 16.5. The Labute approximate surface area is 327 Å². The summed E-state index contributed by atoms with van der Waals surface area (Å²) in [4.78, 5) is 5.08. The molecule has 3 nitrogen and oxygen atoms in total. The molecule has 0 saturated heterocycles. The van der Waals surface area contributed by atoms with Crippen LogP contribution in [0.4, 0.5) is 0 Å². The van der Waals surface area contributed by atoms with Crippen molar-refractivity contribution in [3.8, 4) is 44.9 Å². The van der Waals surface area contributed by atoms with Crippen LogP contribution in [0.25, 0.3) is 39.1 Å². The normalized spacial score (nSPS) is 14.1. The molecule has 1 aliphatic carbocycles. The molecule has 1 heterocycles. The number of hydrogen-bond acceptors (Lipinski definition) is 3. The Morgan fingerprint density at radius 2 is 1.04 bits per heavy atom. The van der Waals surface area contributed by atoms with E-state index >= 15 is 0 Å². The summed E-state index contributed by atoms with van der Waals surface area (Å²) in [5, 5.41) is 0. The van der Waals surface area contributed by atoms with E-state index in [-0.39, 0.29) is 6.04 Å². The molecule has 1 atom stereocenters. The lowest BCUT2D eigenvalue weighted by molar-refractivity contribution is 0.436. The van der Waals surface area contributed by atoms with Crippen molar-refractivity contribution < 1.29 is 4.74 Å². The molecule has 1 spiro atoms. The fourth-order valence-electron chi connectivity index (χ4n) is 8.58. The largest absolute Gasteiger partial charge is 0.457 e. The van der Waals surface area contributed by atoms with Crippen LogP contribution in [-0.4, -0.2) is 6.21 Å². The maximum atomic E-state index is 6.94. The van der Waals surface area contributed by atoms with Crippen molar-refractivity contribution in [2.75, 3.05) is 0 Å². The lowest BCUT2D eigenvalue weighted by Crippen LogP contribution is -2.32. The molecule has 56 heavy (non-hydrogen) atoms. The third-order valence-electron chi connectivity index (χ3n) is 11.2. The standard InChI is InChI=1S/C53H38N2O/c54-49(39-28-26-38(27-29-39)37-16-5-2-6-17-37)34-50(55-35-36-14-3-1-4-15-36)42-19-13-18-40(32-42)41-30-31-44-43-20-7-8-21-45(43)53(48(44)33-41)46-22-9-11-24-51(46)56-52-25-12-10-23-47(52)53/h1-35,49H,54H2/b50-34-,55-35+. The maximum absolute atomic E-state index is 6.94. The van der Waals surface area contributed by atoms with E-state index in [4.69, 9.17) is 15.5 Å². The zero-order valence-corrected chi connectivity index (χ0v) is 30.7. The van der Waals surface area contributed by atoms with Crippen molar-refractivity contribution in [1.29, 1.82) is 0 Å². The summed E-state index contributed by atoms with van der Waals surface area (Å²) in [6.45, 7) is 0. The van der Waals surface area contributed by atoms with Crippen molar-refractivity contribution in [3.63, 3.8) is 0 Å². The van der Waals surface area contributed by atoms with Crippen molar-refractivity contribution in [2.24, 2.45) is 10.7 Å². The molecule has 3 heteroatoms. The fourth-order valence-corrected chi connectivity index (χ4v) is 8.58. The Morgan fingerprint density at radius 1 is 0.482 bits per heavy atom. The molecule has 2 N–H and O–H groups in total. The number of nitrogens with two attached hydrogens (primary N) is 1. The average Bonchev–Trinajstić information content (AvgIpc) is 3.56. The molecule has 0 aromatic heterocycles. The van der Waals surface area contributed by atoms with Gasteiger partial charge in [0.2, 0.25) is 0 Å². The number of rotatable bonds is 7. The van der Waals surface area contributed by atoms with Crippen LogP contribution in [0.15, 0.2) is 211 Å². The van der Waals surface area contributed by atoms with Crippen LogP contribution in [0.3, 0.4) is 0 Å². The molecule has 8 aromatic rings. The highest BCUT2D eigenvalue weighted by molar-refractivity contribution is 5.91. The molecule has 266 valence electrons. The number of ether oxygens (including phenoxy) is 1. The van der Waals surface area contributed by atoms with E-state index in [1.54, 1.807) is 0 Å². The quantitative estimate of drug-likeness (QED) is 0.167. The molecule has 0 saturated carbocycles. The number of para-hydroxylation sites is 2. The molecule has 8 aromatic carbocycles. The smallest absolute Gasteiger partial charge is 0.132 e. The van der Waals surface area contributed by atoms with Gasteiger partial charge in [-0.1, -0.05) is 176 Å². The minimum Gasteiger partial charge on any atom is -0.457 e. The summed E-state index contributed by atoms with van der Waals surface area (Å²) >= 11 is 0. The lowest BCUT2D eigenvalue weighted by atomic mass is 9.66. The third kappa shape index (κ3) is 5.69. The second kappa shape index (κ2) is 14.0. The van der Waals surface area contributed by atoms with Gasteiger partial charge in [-0.2, -0.15) is 0 Å². The molecule has 2 aliphatic rings. The maximum Gasteiger partial charge on any atom is 0.132 e. The average molecular weight is 719 g/mol. The van der Waals surface area contributed by atoms with Gasteiger partial charge >= 0.3 is 0 Å². The second-order valence-electron chi connectivity index (χ2n) is 14.5. The summed E-state index contributed by atoms with van der Waals surface area (Å²) in [6.07, 6.45) is 3.99. The zero-order valence-electron chi connectivity index (χ0n) is 30.7. The Hall–Kier alpha value is -7.07. The van der Waals surface area contributed by atoms with Crippen molar-refractivity contribution in [2.45, 2.75) is 11.5 Å². The van der Waals surface area contributed by atoms with Crippen molar-refractivity contribution >= 4 is 11.9 Å². The predicted molar refractivity (Wildman–Crippen MR) is 230 cm³/mol. The molecular formula is C53H38N2O. The summed E-state index contributed by atoms with van der Waals surface area (Å²) < 4.78 is 6.57. The fraction of sp³-hybridized carbons (Fsp3) is 0.0377. The second-order valence-corrected chi connectivity index (χ2v) is 14.5. The summed E-state index contributed by atoms with van der Waals surface area (Å²) in [7, 11) is 0. The van der Waals surface area contributed by atoms with Gasteiger partial charge in [0, 0.05) is 22.9 Å². The lowest BCUT2D eigenvalue weighted by Gasteiger charge is -2.39. The molecule has 1 aliphatic heterocycles. The van der Waals surface area contributed by atoms with E-state index in [9.17, 15) is 0 Å². The molecule has 0 radical (unpaired) electrons. The first-order chi connectivity index (χ1) is 27.7. The van der Waals surface area contributed by atoms with Gasteiger partial charge in [0.05, 0.1) is 17.2 Å². The van der Waals surface area contributed by atoms with E-state index in [1.165, 1.54) is 27.8 Å². The highest BCUT2D eigenvalue weighted by Crippen LogP contribution is 2.62. The van der Waals surface area contributed by atoms with E-state index in [2.05, 4.69) is 182 Å². The van der Waals surface area contributed by atoms with Crippen LogP contribution in [-0.2, 0) is 5.41 Å². The number of nitrogens with zero attached hydrogens (tertiary/aromatic N) is 1. The Kier molecular flexibility index (Phi) is 8.36. The summed E-state index contributed by atoms with van der Waals surface area (Å²) in [6, 6.07) is 70.2. The van der Waals surface area contributed by atoms with Gasteiger partial charge in [-0.25, -0.2) is 0 Å². The Bertz CT molecular complexity index is 2740. The first kappa shape index (κ1) is 33.5. The Morgan fingerprint density at radius 3 is 1.77 bits per heavy atom. The third-order valence-corrected chi connectivity index (χ3v) is 11.2. The van der Waals surface area contributed by atoms with E-state index < -0.39 is 5.41 Å². The van der Waals surface area contributed by atoms with Crippen molar-refractivity contribution in [1.82, 2.24) is 0 Å². The summed E-state index contributed by atoms with van der Waals surface area (Å²) in [5.74, 6) is 1.77. The zero-order chi connectivity index (χ0) is 37.5. The van der Waals surface area contributed by atoms with Crippen LogP contribution in [0.2, 0.25) is 0 Å². The van der Waals surface area contributed by atoms with Crippen LogP contribution in [0, 0.1) is 0 Å². The first-order valence-electron chi connectivity index (χ1n) is 19.1. The molecule has 0 amide bonds.